The quantitative estimate of drug-likeness (QED) is 0.605. The number of guanidine groups is 1. The van der Waals surface area contributed by atoms with Crippen molar-refractivity contribution in [2.24, 2.45) is 4.99 Å². The van der Waals surface area contributed by atoms with E-state index >= 15 is 0 Å². The third-order valence-corrected chi connectivity index (χ3v) is 5.37. The van der Waals surface area contributed by atoms with Crippen LogP contribution in [0.2, 0.25) is 0 Å². The Kier molecular flexibility index (Phi) is 7.33. The summed E-state index contributed by atoms with van der Waals surface area (Å²) in [4.78, 5) is 6.96. The summed E-state index contributed by atoms with van der Waals surface area (Å²) in [6, 6.07) is 9.43. The Morgan fingerprint density at radius 3 is 2.58 bits per heavy atom. The first kappa shape index (κ1) is 20.6. The van der Waals surface area contributed by atoms with Gasteiger partial charge < -0.3 is 20.3 Å². The van der Waals surface area contributed by atoms with Crippen molar-refractivity contribution >= 4 is 5.96 Å². The molecule has 2 N–H and O–H groups in total. The number of ether oxygens (including phenoxy) is 1. The topological polar surface area (TPSA) is 48.9 Å². The van der Waals surface area contributed by atoms with Crippen LogP contribution in [0.15, 0.2) is 29.3 Å². The summed E-state index contributed by atoms with van der Waals surface area (Å²) in [5, 5.41) is 7.11. The maximum absolute atomic E-state index is 5.36. The third-order valence-electron chi connectivity index (χ3n) is 5.37. The van der Waals surface area contributed by atoms with Crippen LogP contribution in [0.25, 0.3) is 0 Å². The van der Waals surface area contributed by atoms with Gasteiger partial charge >= 0.3 is 0 Å². The first-order valence-corrected chi connectivity index (χ1v) is 9.71. The fraction of sp³-hybridized carbons (Fsp3) is 0.667. The molecule has 0 unspecified atom stereocenters. The van der Waals surface area contributed by atoms with Gasteiger partial charge in [0.1, 0.15) is 5.75 Å². The van der Waals surface area contributed by atoms with Gasteiger partial charge in [0.15, 0.2) is 5.96 Å². The Hall–Kier alpha value is -1.75. The standard InChI is InChI=1S/C21H36N4O/c1-16(2)25-12-10-18(11-13-25)24-20(22-5)23-15-21(3,4)17-8-7-9-19(14-17)26-6/h7-9,14,16,18H,10-13,15H2,1-6H3,(H2,22,23,24). The van der Waals surface area contributed by atoms with Crippen LogP contribution >= 0.6 is 0 Å². The molecular weight excluding hydrogens is 324 g/mol. The van der Waals surface area contributed by atoms with E-state index in [0.29, 0.717) is 12.1 Å². The van der Waals surface area contributed by atoms with Gasteiger partial charge in [0, 0.05) is 44.2 Å². The summed E-state index contributed by atoms with van der Waals surface area (Å²) in [5.41, 5.74) is 1.23. The number of nitrogens with one attached hydrogen (secondary N) is 2. The molecule has 1 heterocycles. The zero-order valence-electron chi connectivity index (χ0n) is 17.3. The molecule has 1 saturated heterocycles. The highest BCUT2D eigenvalue weighted by Gasteiger charge is 2.24. The van der Waals surface area contributed by atoms with Crippen molar-refractivity contribution < 1.29 is 4.74 Å². The Morgan fingerprint density at radius 1 is 1.31 bits per heavy atom. The smallest absolute Gasteiger partial charge is 0.191 e. The third kappa shape index (κ3) is 5.63. The molecule has 146 valence electrons. The lowest BCUT2D eigenvalue weighted by molar-refractivity contribution is 0.167. The number of aliphatic imine (C=N–C) groups is 1. The van der Waals surface area contributed by atoms with Gasteiger partial charge in [-0.1, -0.05) is 26.0 Å². The summed E-state index contributed by atoms with van der Waals surface area (Å²) in [6.45, 7) is 12.1. The molecule has 1 aliphatic heterocycles. The lowest BCUT2D eigenvalue weighted by Gasteiger charge is -2.35. The fourth-order valence-electron chi connectivity index (χ4n) is 3.40. The highest BCUT2D eigenvalue weighted by atomic mass is 16.5. The molecule has 0 aromatic heterocycles. The van der Waals surface area contributed by atoms with Gasteiger partial charge in [-0.2, -0.15) is 0 Å². The van der Waals surface area contributed by atoms with Crippen LogP contribution in [0.5, 0.6) is 5.75 Å². The first-order valence-electron chi connectivity index (χ1n) is 9.71. The van der Waals surface area contributed by atoms with E-state index in [0.717, 1.165) is 44.2 Å². The normalized spacial score (nSPS) is 17.4. The zero-order chi connectivity index (χ0) is 19.2. The molecule has 1 aromatic rings. The maximum atomic E-state index is 5.36. The Balaban J connectivity index is 1.88. The molecular formula is C21H36N4O. The van der Waals surface area contributed by atoms with E-state index in [9.17, 15) is 0 Å². The molecule has 0 amide bonds. The number of rotatable bonds is 6. The number of benzene rings is 1. The molecule has 1 aliphatic rings. The molecule has 1 fully saturated rings. The number of nitrogens with zero attached hydrogens (tertiary/aromatic N) is 2. The van der Waals surface area contributed by atoms with Gasteiger partial charge in [0.05, 0.1) is 7.11 Å². The van der Waals surface area contributed by atoms with Crippen LogP contribution in [0, 0.1) is 0 Å². The molecule has 0 spiro atoms. The molecule has 0 atom stereocenters. The summed E-state index contributed by atoms with van der Waals surface area (Å²) < 4.78 is 5.36. The molecule has 1 aromatic carbocycles. The van der Waals surface area contributed by atoms with Crippen molar-refractivity contribution in [2.45, 2.75) is 58.0 Å². The van der Waals surface area contributed by atoms with Crippen molar-refractivity contribution in [3.8, 4) is 5.75 Å². The van der Waals surface area contributed by atoms with Crippen LogP contribution in [0.1, 0.15) is 46.1 Å². The predicted molar refractivity (Wildman–Crippen MR) is 110 cm³/mol. The lowest BCUT2D eigenvalue weighted by atomic mass is 9.84. The molecule has 5 heteroatoms. The number of likely N-dealkylation sites (tertiary alicyclic amines) is 1. The molecule has 0 bridgehead atoms. The minimum Gasteiger partial charge on any atom is -0.497 e. The van der Waals surface area contributed by atoms with Gasteiger partial charge in [-0.3, -0.25) is 4.99 Å². The summed E-state index contributed by atoms with van der Waals surface area (Å²) in [6.07, 6.45) is 2.33. The van der Waals surface area contributed by atoms with Crippen molar-refractivity contribution in [1.82, 2.24) is 15.5 Å². The highest BCUT2D eigenvalue weighted by molar-refractivity contribution is 5.80. The van der Waals surface area contributed by atoms with E-state index in [1.165, 1.54) is 5.56 Å². The van der Waals surface area contributed by atoms with Crippen LogP contribution in [-0.4, -0.2) is 56.7 Å². The van der Waals surface area contributed by atoms with Gasteiger partial charge in [0.2, 0.25) is 0 Å². The molecule has 5 nitrogen and oxygen atoms in total. The molecule has 0 radical (unpaired) electrons. The largest absolute Gasteiger partial charge is 0.497 e. The summed E-state index contributed by atoms with van der Waals surface area (Å²) in [5.74, 6) is 1.79. The van der Waals surface area contributed by atoms with Crippen LogP contribution < -0.4 is 15.4 Å². The van der Waals surface area contributed by atoms with Gasteiger partial charge in [-0.15, -0.1) is 0 Å². The number of piperidine rings is 1. The molecule has 26 heavy (non-hydrogen) atoms. The second kappa shape index (κ2) is 9.26. The van der Waals surface area contributed by atoms with Crippen molar-refractivity contribution in [3.05, 3.63) is 29.8 Å². The SMILES string of the molecule is CN=C(NCC(C)(C)c1cccc(OC)c1)NC1CCN(C(C)C)CC1. The number of methoxy groups -OCH3 is 1. The van der Waals surface area contributed by atoms with Crippen LogP contribution in [0.4, 0.5) is 0 Å². The second-order valence-corrected chi connectivity index (χ2v) is 8.09. The van der Waals surface area contributed by atoms with Crippen LogP contribution in [0.3, 0.4) is 0 Å². The summed E-state index contributed by atoms with van der Waals surface area (Å²) in [7, 11) is 3.55. The summed E-state index contributed by atoms with van der Waals surface area (Å²) >= 11 is 0. The minimum absolute atomic E-state index is 0.0207. The van der Waals surface area contributed by atoms with Crippen LogP contribution in [-0.2, 0) is 5.41 Å². The molecule has 0 aliphatic carbocycles. The monoisotopic (exact) mass is 360 g/mol. The van der Waals surface area contributed by atoms with E-state index in [4.69, 9.17) is 4.74 Å². The van der Waals surface area contributed by atoms with E-state index in [2.05, 4.69) is 60.4 Å². The lowest BCUT2D eigenvalue weighted by Crippen LogP contribution is -2.51. The maximum Gasteiger partial charge on any atom is 0.191 e. The van der Waals surface area contributed by atoms with E-state index < -0.39 is 0 Å². The highest BCUT2D eigenvalue weighted by Crippen LogP contribution is 2.25. The second-order valence-electron chi connectivity index (χ2n) is 8.09. The Morgan fingerprint density at radius 2 is 2.00 bits per heavy atom. The van der Waals surface area contributed by atoms with Crippen molar-refractivity contribution in [1.29, 1.82) is 0 Å². The van der Waals surface area contributed by atoms with Gasteiger partial charge in [-0.25, -0.2) is 0 Å². The average Bonchev–Trinajstić information content (AvgIpc) is 2.65. The number of hydrogen-bond donors (Lipinski definition) is 2. The number of hydrogen-bond acceptors (Lipinski definition) is 3. The van der Waals surface area contributed by atoms with Gasteiger partial charge in [-0.05, 0) is 44.4 Å². The first-order chi connectivity index (χ1) is 12.4. The zero-order valence-corrected chi connectivity index (χ0v) is 17.3. The van der Waals surface area contributed by atoms with Crippen molar-refractivity contribution in [3.63, 3.8) is 0 Å². The van der Waals surface area contributed by atoms with Gasteiger partial charge in [0.25, 0.3) is 0 Å². The Labute approximate surface area is 159 Å². The van der Waals surface area contributed by atoms with E-state index in [1.54, 1.807) is 7.11 Å². The molecule has 2 rings (SSSR count). The van der Waals surface area contributed by atoms with E-state index in [1.807, 2.05) is 19.2 Å². The predicted octanol–water partition coefficient (Wildman–Crippen LogP) is 3.01. The fourth-order valence-corrected chi connectivity index (χ4v) is 3.40. The van der Waals surface area contributed by atoms with Crippen molar-refractivity contribution in [2.75, 3.05) is 33.8 Å². The van der Waals surface area contributed by atoms with E-state index in [-0.39, 0.29) is 5.41 Å². The average molecular weight is 361 g/mol. The minimum atomic E-state index is -0.0207. The Bertz CT molecular complexity index is 589. The molecule has 0 saturated carbocycles.